The summed E-state index contributed by atoms with van der Waals surface area (Å²) in [7, 11) is 2.93. The SMILES string of the molecule is COc1ccc(-c2ccccc2)c(N(OC)C(=O)[C@H](Cn2ccnc2)C(=O)OC(C)C)c1. The second kappa shape index (κ2) is 10.6. The molecule has 2 aromatic carbocycles. The van der Waals surface area contributed by atoms with Gasteiger partial charge in [-0.25, -0.2) is 4.98 Å². The van der Waals surface area contributed by atoms with Crippen LogP contribution in [0.15, 0.2) is 67.3 Å². The smallest absolute Gasteiger partial charge is 0.320 e. The van der Waals surface area contributed by atoms with Gasteiger partial charge in [-0.05, 0) is 31.5 Å². The molecule has 1 amide bonds. The van der Waals surface area contributed by atoms with Crippen LogP contribution >= 0.6 is 0 Å². The Morgan fingerprint density at radius 1 is 1.09 bits per heavy atom. The van der Waals surface area contributed by atoms with Crippen LogP contribution in [0.25, 0.3) is 11.1 Å². The molecule has 1 aromatic heterocycles. The predicted molar refractivity (Wildman–Crippen MR) is 120 cm³/mol. The molecular weight excluding hydrogens is 410 g/mol. The number of rotatable bonds is 9. The Kier molecular flexibility index (Phi) is 7.62. The number of ether oxygens (including phenoxy) is 2. The van der Waals surface area contributed by atoms with Gasteiger partial charge in [0, 0.05) is 30.6 Å². The summed E-state index contributed by atoms with van der Waals surface area (Å²) in [5.74, 6) is -1.78. The van der Waals surface area contributed by atoms with Crippen molar-refractivity contribution in [1.82, 2.24) is 9.55 Å². The van der Waals surface area contributed by atoms with E-state index in [0.717, 1.165) is 16.2 Å². The fourth-order valence-corrected chi connectivity index (χ4v) is 3.29. The van der Waals surface area contributed by atoms with Crippen LogP contribution < -0.4 is 9.80 Å². The molecule has 0 aliphatic rings. The molecule has 0 aliphatic carbocycles. The van der Waals surface area contributed by atoms with Gasteiger partial charge in [-0.15, -0.1) is 0 Å². The van der Waals surface area contributed by atoms with Gasteiger partial charge in [0.05, 0.1) is 32.3 Å². The number of carbonyl (C=O) groups excluding carboxylic acids is 2. The summed E-state index contributed by atoms with van der Waals surface area (Å²) in [4.78, 5) is 36.0. The maximum atomic E-state index is 13.6. The van der Waals surface area contributed by atoms with Gasteiger partial charge in [0.1, 0.15) is 5.75 Å². The number of carbonyl (C=O) groups is 2. The van der Waals surface area contributed by atoms with Crippen molar-refractivity contribution in [2.24, 2.45) is 5.92 Å². The Morgan fingerprint density at radius 3 is 2.44 bits per heavy atom. The molecule has 0 bridgehead atoms. The number of methoxy groups -OCH3 is 1. The highest BCUT2D eigenvalue weighted by molar-refractivity contribution is 6.06. The van der Waals surface area contributed by atoms with Crippen molar-refractivity contribution in [3.05, 3.63) is 67.3 Å². The lowest BCUT2D eigenvalue weighted by atomic mass is 10.0. The number of benzene rings is 2. The zero-order chi connectivity index (χ0) is 23.1. The third-order valence-electron chi connectivity index (χ3n) is 4.78. The van der Waals surface area contributed by atoms with E-state index in [0.29, 0.717) is 11.4 Å². The summed E-state index contributed by atoms with van der Waals surface area (Å²) < 4.78 is 12.4. The Morgan fingerprint density at radius 2 is 1.84 bits per heavy atom. The highest BCUT2D eigenvalue weighted by Gasteiger charge is 2.35. The highest BCUT2D eigenvalue weighted by Crippen LogP contribution is 2.35. The standard InChI is InChI=1S/C24H27N3O5/c1-17(2)32-24(29)21(15-26-13-12-25-16-26)23(28)27(31-4)22-14-19(30-3)10-11-20(22)18-8-6-5-7-9-18/h5-14,16-17,21H,15H2,1-4H3/t21-/m0/s1. The van der Waals surface area contributed by atoms with E-state index < -0.39 is 17.8 Å². The van der Waals surface area contributed by atoms with Crippen LogP contribution in [0, 0.1) is 5.92 Å². The summed E-state index contributed by atoms with van der Waals surface area (Å²) in [6.07, 6.45) is 4.44. The summed E-state index contributed by atoms with van der Waals surface area (Å²) in [5.41, 5.74) is 2.09. The molecule has 1 heterocycles. The molecule has 168 valence electrons. The number of nitrogens with zero attached hydrogens (tertiary/aromatic N) is 3. The zero-order valence-corrected chi connectivity index (χ0v) is 18.6. The lowest BCUT2D eigenvalue weighted by Gasteiger charge is -2.27. The number of esters is 1. The van der Waals surface area contributed by atoms with Crippen molar-refractivity contribution >= 4 is 17.6 Å². The second-order valence-electron chi connectivity index (χ2n) is 7.36. The van der Waals surface area contributed by atoms with Crippen LogP contribution in [0.2, 0.25) is 0 Å². The second-order valence-corrected chi connectivity index (χ2v) is 7.36. The number of aromatic nitrogens is 2. The van der Waals surface area contributed by atoms with Gasteiger partial charge in [0.25, 0.3) is 5.91 Å². The number of hydroxylamine groups is 1. The van der Waals surface area contributed by atoms with Crippen LogP contribution in [0.4, 0.5) is 5.69 Å². The fraction of sp³-hybridized carbons (Fsp3) is 0.292. The molecule has 32 heavy (non-hydrogen) atoms. The van der Waals surface area contributed by atoms with Crippen LogP contribution in [0.1, 0.15) is 13.8 Å². The van der Waals surface area contributed by atoms with E-state index in [4.69, 9.17) is 14.3 Å². The fourth-order valence-electron chi connectivity index (χ4n) is 3.29. The molecule has 0 N–H and O–H groups in total. The summed E-state index contributed by atoms with van der Waals surface area (Å²) in [6.45, 7) is 3.54. The van der Waals surface area contributed by atoms with Gasteiger partial charge >= 0.3 is 5.97 Å². The molecule has 0 radical (unpaired) electrons. The van der Waals surface area contributed by atoms with E-state index >= 15 is 0 Å². The largest absolute Gasteiger partial charge is 0.497 e. The first-order chi connectivity index (χ1) is 15.4. The van der Waals surface area contributed by atoms with Crippen molar-refractivity contribution in [3.8, 4) is 16.9 Å². The number of amides is 1. The molecule has 0 fully saturated rings. The van der Waals surface area contributed by atoms with Crippen LogP contribution in [0.3, 0.4) is 0 Å². The minimum absolute atomic E-state index is 0.0644. The number of anilines is 1. The Hall–Kier alpha value is -3.65. The lowest BCUT2D eigenvalue weighted by molar-refractivity contribution is -0.157. The van der Waals surface area contributed by atoms with Crippen LogP contribution in [0.5, 0.6) is 5.75 Å². The van der Waals surface area contributed by atoms with Crippen LogP contribution in [-0.2, 0) is 25.7 Å². The van der Waals surface area contributed by atoms with E-state index in [-0.39, 0.29) is 12.6 Å². The number of hydrogen-bond donors (Lipinski definition) is 0. The zero-order valence-electron chi connectivity index (χ0n) is 18.6. The predicted octanol–water partition coefficient (Wildman–Crippen LogP) is 3.72. The topological polar surface area (TPSA) is 82.9 Å². The normalized spacial score (nSPS) is 11.8. The molecule has 8 nitrogen and oxygen atoms in total. The number of imidazole rings is 1. The molecule has 0 saturated heterocycles. The van der Waals surface area contributed by atoms with Gasteiger partial charge < -0.3 is 14.0 Å². The Bertz CT molecular complexity index is 1040. The molecule has 3 aromatic rings. The first-order valence-electron chi connectivity index (χ1n) is 10.2. The summed E-state index contributed by atoms with van der Waals surface area (Å²) >= 11 is 0. The first kappa shape index (κ1) is 23.0. The maximum Gasteiger partial charge on any atom is 0.320 e. The van der Waals surface area contributed by atoms with E-state index in [1.54, 1.807) is 56.4 Å². The van der Waals surface area contributed by atoms with E-state index in [1.807, 2.05) is 36.4 Å². The third-order valence-corrected chi connectivity index (χ3v) is 4.78. The van der Waals surface area contributed by atoms with Gasteiger partial charge in [0.2, 0.25) is 0 Å². The highest BCUT2D eigenvalue weighted by atomic mass is 16.7. The molecule has 0 aliphatic heterocycles. The molecule has 0 spiro atoms. The molecular formula is C24H27N3O5. The quantitative estimate of drug-likeness (QED) is 0.288. The Balaban J connectivity index is 2.04. The molecule has 1 atom stereocenters. The summed E-state index contributed by atoms with van der Waals surface area (Å²) in [6, 6.07) is 14.9. The average Bonchev–Trinajstić information content (AvgIpc) is 3.31. The van der Waals surface area contributed by atoms with Gasteiger partial charge in [0.15, 0.2) is 5.92 Å². The average molecular weight is 437 g/mol. The van der Waals surface area contributed by atoms with Crippen molar-refractivity contribution in [2.45, 2.75) is 26.5 Å². The van der Waals surface area contributed by atoms with Gasteiger partial charge in [-0.2, -0.15) is 5.06 Å². The number of hydrogen-bond acceptors (Lipinski definition) is 6. The van der Waals surface area contributed by atoms with E-state index in [9.17, 15) is 9.59 Å². The molecule has 8 heteroatoms. The lowest BCUT2D eigenvalue weighted by Crippen LogP contribution is -2.42. The van der Waals surface area contributed by atoms with Gasteiger partial charge in [-0.1, -0.05) is 30.3 Å². The third kappa shape index (κ3) is 5.33. The minimum atomic E-state index is -1.14. The van der Waals surface area contributed by atoms with Crippen molar-refractivity contribution in [3.63, 3.8) is 0 Å². The van der Waals surface area contributed by atoms with Crippen molar-refractivity contribution in [2.75, 3.05) is 19.3 Å². The van der Waals surface area contributed by atoms with E-state index in [1.165, 1.54) is 7.11 Å². The van der Waals surface area contributed by atoms with E-state index in [2.05, 4.69) is 4.98 Å². The molecule has 0 unspecified atom stereocenters. The summed E-state index contributed by atoms with van der Waals surface area (Å²) in [5, 5.41) is 1.12. The minimum Gasteiger partial charge on any atom is -0.497 e. The Labute approximate surface area is 187 Å². The van der Waals surface area contributed by atoms with Gasteiger partial charge in [-0.3, -0.25) is 14.4 Å². The monoisotopic (exact) mass is 437 g/mol. The van der Waals surface area contributed by atoms with Crippen LogP contribution in [-0.4, -0.2) is 41.8 Å². The maximum absolute atomic E-state index is 13.6. The molecule has 0 saturated carbocycles. The van der Waals surface area contributed by atoms with Crippen molar-refractivity contribution < 1.29 is 23.9 Å². The first-order valence-corrected chi connectivity index (χ1v) is 10.2. The molecule has 3 rings (SSSR count). The van der Waals surface area contributed by atoms with Crippen molar-refractivity contribution in [1.29, 1.82) is 0 Å².